The molecule has 0 aliphatic carbocycles. The van der Waals surface area contributed by atoms with Gasteiger partial charge in [0.05, 0.1) is 19.1 Å². The molecule has 1 atom stereocenters. The van der Waals surface area contributed by atoms with Gasteiger partial charge in [-0.3, -0.25) is 15.1 Å². The Hall–Kier alpha value is -2.42. The molecule has 1 aliphatic rings. The van der Waals surface area contributed by atoms with Crippen LogP contribution in [-0.4, -0.2) is 51.5 Å². The van der Waals surface area contributed by atoms with E-state index in [1.807, 2.05) is 0 Å². The van der Waals surface area contributed by atoms with E-state index in [0.29, 0.717) is 11.4 Å². The van der Waals surface area contributed by atoms with E-state index in [9.17, 15) is 13.6 Å². The Bertz CT molecular complexity index is 691. The van der Waals surface area contributed by atoms with Gasteiger partial charge < -0.3 is 9.42 Å². The number of hydrogen-bond donors (Lipinski definition) is 1. The second-order valence-corrected chi connectivity index (χ2v) is 5.44. The molecule has 122 valence electrons. The van der Waals surface area contributed by atoms with E-state index in [4.69, 9.17) is 4.52 Å². The Morgan fingerprint density at radius 1 is 1.57 bits per heavy atom. The molecule has 3 heterocycles. The Balaban J connectivity index is 1.63. The van der Waals surface area contributed by atoms with Gasteiger partial charge in [-0.1, -0.05) is 5.16 Å². The van der Waals surface area contributed by atoms with Crippen LogP contribution in [0.3, 0.4) is 0 Å². The first-order valence-electron chi connectivity index (χ1n) is 7.04. The summed E-state index contributed by atoms with van der Waals surface area (Å²) < 4.78 is 31.4. The summed E-state index contributed by atoms with van der Waals surface area (Å²) >= 11 is 0. The predicted molar refractivity (Wildman–Crippen MR) is 75.4 cm³/mol. The highest BCUT2D eigenvalue weighted by atomic mass is 19.3. The highest BCUT2D eigenvalue weighted by molar-refractivity contribution is 5.82. The van der Waals surface area contributed by atoms with Gasteiger partial charge in [-0.15, -0.1) is 0 Å². The number of amides is 1. The first-order chi connectivity index (χ1) is 10.9. The Kier molecular flexibility index (Phi) is 4.03. The molecule has 1 unspecified atom stereocenters. The normalized spacial score (nSPS) is 19.7. The molecule has 0 radical (unpaired) electrons. The Labute approximate surface area is 130 Å². The fraction of sp³-hybridized carbons (Fsp3) is 0.429. The second kappa shape index (κ2) is 5.99. The van der Waals surface area contributed by atoms with Crippen LogP contribution in [0.1, 0.15) is 12.3 Å². The maximum Gasteiger partial charge on any atom is 0.262 e. The van der Waals surface area contributed by atoms with Crippen molar-refractivity contribution < 1.29 is 18.1 Å². The maximum atomic E-state index is 13.2. The minimum atomic E-state index is -2.85. The molecule has 1 saturated heterocycles. The van der Waals surface area contributed by atoms with E-state index >= 15 is 0 Å². The minimum Gasteiger partial charge on any atom is -0.337 e. The van der Waals surface area contributed by atoms with Crippen molar-refractivity contribution in [3.8, 4) is 11.4 Å². The largest absolute Gasteiger partial charge is 0.337 e. The van der Waals surface area contributed by atoms with Gasteiger partial charge in [-0.2, -0.15) is 4.98 Å². The summed E-state index contributed by atoms with van der Waals surface area (Å²) in [7, 11) is 1.51. The Morgan fingerprint density at radius 3 is 3.04 bits per heavy atom. The molecule has 0 aromatic carbocycles. The number of nitrogens with zero attached hydrogens (tertiary/aromatic N) is 4. The number of halogens is 2. The number of carbonyl (C=O) groups is 1. The number of likely N-dealkylation sites (N-methyl/N-ethyl adjacent to an activating group) is 1. The smallest absolute Gasteiger partial charge is 0.262 e. The number of hydrogen-bond acceptors (Lipinski definition) is 6. The second-order valence-electron chi connectivity index (χ2n) is 5.44. The summed E-state index contributed by atoms with van der Waals surface area (Å²) in [5.74, 6) is -2.69. The molecule has 7 nitrogen and oxygen atoms in total. The van der Waals surface area contributed by atoms with Crippen LogP contribution in [0.5, 0.6) is 0 Å². The van der Waals surface area contributed by atoms with E-state index in [1.54, 1.807) is 24.5 Å². The lowest BCUT2D eigenvalue weighted by Crippen LogP contribution is -2.41. The van der Waals surface area contributed by atoms with Crippen LogP contribution in [-0.2, 0) is 11.3 Å². The zero-order valence-corrected chi connectivity index (χ0v) is 12.4. The van der Waals surface area contributed by atoms with E-state index in [-0.39, 0.29) is 12.4 Å². The van der Waals surface area contributed by atoms with Crippen molar-refractivity contribution in [1.29, 1.82) is 0 Å². The van der Waals surface area contributed by atoms with E-state index in [1.165, 1.54) is 11.9 Å². The van der Waals surface area contributed by atoms with Crippen LogP contribution in [0.25, 0.3) is 11.4 Å². The van der Waals surface area contributed by atoms with Gasteiger partial charge in [0.1, 0.15) is 0 Å². The average Bonchev–Trinajstić information content (AvgIpc) is 3.14. The number of carbonyl (C=O) groups excluding carboxylic acids is 1. The number of nitrogens with one attached hydrogen (secondary N) is 1. The van der Waals surface area contributed by atoms with Gasteiger partial charge in [0.2, 0.25) is 17.6 Å². The number of alkyl halides is 2. The topological polar surface area (TPSA) is 84.2 Å². The lowest BCUT2D eigenvalue weighted by molar-refractivity contribution is -0.133. The molecular formula is C14H15F2N5O2. The summed E-state index contributed by atoms with van der Waals surface area (Å²) in [5, 5.41) is 6.35. The van der Waals surface area contributed by atoms with Crippen molar-refractivity contribution in [1.82, 2.24) is 25.3 Å². The van der Waals surface area contributed by atoms with Crippen molar-refractivity contribution >= 4 is 5.91 Å². The van der Waals surface area contributed by atoms with Crippen LogP contribution >= 0.6 is 0 Å². The van der Waals surface area contributed by atoms with E-state index < -0.39 is 30.8 Å². The summed E-state index contributed by atoms with van der Waals surface area (Å²) in [6.45, 7) is -0.432. The SMILES string of the molecule is CN(Cc1nc(-c2cccnc2)no1)C(=O)C1CC(F)(F)CN1. The standard InChI is InChI=1S/C14H15F2N5O2/c1-21(13(22)10-5-14(15,16)8-18-10)7-11-19-12(20-23-11)9-3-2-4-17-6-9/h2-4,6,10,18H,5,7-8H2,1H3. The highest BCUT2D eigenvalue weighted by Crippen LogP contribution is 2.26. The molecule has 1 amide bonds. The van der Waals surface area contributed by atoms with Crippen LogP contribution in [0, 0.1) is 0 Å². The molecule has 2 aromatic rings. The predicted octanol–water partition coefficient (Wildman–Crippen LogP) is 1.09. The van der Waals surface area contributed by atoms with Crippen LogP contribution in [0.15, 0.2) is 29.0 Å². The molecule has 2 aromatic heterocycles. The Morgan fingerprint density at radius 2 is 2.39 bits per heavy atom. The highest BCUT2D eigenvalue weighted by Gasteiger charge is 2.43. The first kappa shape index (κ1) is 15.5. The quantitative estimate of drug-likeness (QED) is 0.907. The maximum absolute atomic E-state index is 13.2. The monoisotopic (exact) mass is 323 g/mol. The van der Waals surface area contributed by atoms with Crippen molar-refractivity contribution in [3.05, 3.63) is 30.4 Å². The van der Waals surface area contributed by atoms with Gasteiger partial charge in [-0.25, -0.2) is 8.78 Å². The number of rotatable bonds is 4. The fourth-order valence-corrected chi connectivity index (χ4v) is 2.37. The summed E-state index contributed by atoms with van der Waals surface area (Å²) in [6.07, 6.45) is 2.72. The van der Waals surface area contributed by atoms with Crippen LogP contribution < -0.4 is 5.32 Å². The minimum absolute atomic E-state index is 0.0514. The third kappa shape index (κ3) is 3.50. The molecule has 3 rings (SSSR count). The first-order valence-corrected chi connectivity index (χ1v) is 7.04. The summed E-state index contributed by atoms with van der Waals surface area (Å²) in [4.78, 5) is 21.6. The summed E-state index contributed by atoms with van der Waals surface area (Å²) in [5.41, 5.74) is 0.689. The van der Waals surface area contributed by atoms with Crippen LogP contribution in [0.2, 0.25) is 0 Å². The molecule has 1 N–H and O–H groups in total. The molecule has 0 bridgehead atoms. The molecule has 0 spiro atoms. The lowest BCUT2D eigenvalue weighted by Gasteiger charge is -2.19. The van der Waals surface area contributed by atoms with Crippen molar-refractivity contribution in [2.75, 3.05) is 13.6 Å². The van der Waals surface area contributed by atoms with Gasteiger partial charge in [0, 0.05) is 31.4 Å². The van der Waals surface area contributed by atoms with Gasteiger partial charge in [-0.05, 0) is 12.1 Å². The van der Waals surface area contributed by atoms with Crippen molar-refractivity contribution in [3.63, 3.8) is 0 Å². The molecule has 9 heteroatoms. The van der Waals surface area contributed by atoms with Gasteiger partial charge in [0.25, 0.3) is 5.92 Å². The third-order valence-electron chi connectivity index (χ3n) is 3.54. The third-order valence-corrected chi connectivity index (χ3v) is 3.54. The zero-order chi connectivity index (χ0) is 16.4. The van der Waals surface area contributed by atoms with E-state index in [0.717, 1.165) is 0 Å². The molecular weight excluding hydrogens is 308 g/mol. The van der Waals surface area contributed by atoms with Gasteiger partial charge >= 0.3 is 0 Å². The summed E-state index contributed by atoms with van der Waals surface area (Å²) in [6, 6.07) is 2.63. The van der Waals surface area contributed by atoms with Crippen molar-refractivity contribution in [2.45, 2.75) is 24.9 Å². The van der Waals surface area contributed by atoms with Crippen LogP contribution in [0.4, 0.5) is 8.78 Å². The lowest BCUT2D eigenvalue weighted by atomic mass is 10.2. The van der Waals surface area contributed by atoms with E-state index in [2.05, 4.69) is 20.4 Å². The molecule has 0 saturated carbocycles. The molecule has 1 fully saturated rings. The molecule has 1 aliphatic heterocycles. The fourth-order valence-electron chi connectivity index (χ4n) is 2.37. The average molecular weight is 323 g/mol. The molecule has 23 heavy (non-hydrogen) atoms. The number of aromatic nitrogens is 3. The zero-order valence-electron chi connectivity index (χ0n) is 12.4. The van der Waals surface area contributed by atoms with Crippen molar-refractivity contribution in [2.24, 2.45) is 0 Å². The number of pyridine rings is 1. The van der Waals surface area contributed by atoms with Gasteiger partial charge in [0.15, 0.2) is 0 Å².